The van der Waals surface area contributed by atoms with E-state index in [-0.39, 0.29) is 23.5 Å². The average Bonchev–Trinajstić information content (AvgIpc) is 2.73. The zero-order valence-electron chi connectivity index (χ0n) is 8.14. The molecule has 74 valence electrons. The molecule has 1 amide bonds. The van der Waals surface area contributed by atoms with Crippen LogP contribution < -0.4 is 0 Å². The van der Waals surface area contributed by atoms with Crippen molar-refractivity contribution in [2.75, 3.05) is 13.6 Å². The second kappa shape index (κ2) is 2.47. The number of allylic oxidation sites excluding steroid dienone is 2. The van der Waals surface area contributed by atoms with Crippen molar-refractivity contribution in [1.82, 2.24) is 4.90 Å². The molecule has 1 saturated heterocycles. The van der Waals surface area contributed by atoms with Crippen LogP contribution in [0.5, 0.6) is 0 Å². The quantitative estimate of drug-likeness (QED) is 0.522. The first kappa shape index (κ1) is 8.21. The molecule has 3 aliphatic rings. The number of hydrogen-bond donors (Lipinski definition) is 0. The maximum Gasteiger partial charge on any atom is 0.227 e. The lowest BCUT2D eigenvalue weighted by molar-refractivity contribution is -0.148. The van der Waals surface area contributed by atoms with Gasteiger partial charge in [0.15, 0.2) is 5.78 Å². The number of rotatable bonds is 0. The first-order chi connectivity index (χ1) is 6.68. The van der Waals surface area contributed by atoms with Crippen LogP contribution in [0.3, 0.4) is 0 Å². The second-order valence-corrected chi connectivity index (χ2v) is 4.66. The van der Waals surface area contributed by atoms with Gasteiger partial charge >= 0.3 is 0 Å². The molecule has 14 heavy (non-hydrogen) atoms. The number of ketones is 1. The van der Waals surface area contributed by atoms with Crippen LogP contribution in [-0.4, -0.2) is 30.2 Å². The Balaban J connectivity index is 2.02. The summed E-state index contributed by atoms with van der Waals surface area (Å²) in [6.45, 7) is 0.317. The van der Waals surface area contributed by atoms with Gasteiger partial charge in [-0.25, -0.2) is 0 Å². The van der Waals surface area contributed by atoms with E-state index in [0.29, 0.717) is 18.4 Å². The topological polar surface area (TPSA) is 37.4 Å². The number of likely N-dealkylation sites (N-methyl/N-ethyl adjacent to an activating group) is 1. The molecule has 1 saturated carbocycles. The summed E-state index contributed by atoms with van der Waals surface area (Å²) in [5.74, 6) is 1.10. The highest BCUT2D eigenvalue weighted by Gasteiger charge is 2.54. The number of amides is 1. The molecule has 3 nitrogen and oxygen atoms in total. The van der Waals surface area contributed by atoms with Gasteiger partial charge in [-0.05, 0) is 18.3 Å². The van der Waals surface area contributed by atoms with E-state index in [0.717, 1.165) is 6.42 Å². The Kier molecular flexibility index (Phi) is 1.45. The Labute approximate surface area is 82.8 Å². The lowest BCUT2D eigenvalue weighted by Crippen LogP contribution is -2.50. The molecule has 0 N–H and O–H groups in total. The summed E-state index contributed by atoms with van der Waals surface area (Å²) in [6.07, 6.45) is 5.26. The van der Waals surface area contributed by atoms with Crippen LogP contribution >= 0.6 is 0 Å². The van der Waals surface area contributed by atoms with Gasteiger partial charge in [0.25, 0.3) is 0 Å². The van der Waals surface area contributed by atoms with E-state index in [1.165, 1.54) is 0 Å². The van der Waals surface area contributed by atoms with Crippen molar-refractivity contribution in [2.24, 2.45) is 23.7 Å². The number of piperidine rings is 1. The molecule has 0 aromatic carbocycles. The molecule has 0 radical (unpaired) electrons. The Morgan fingerprint density at radius 1 is 1.21 bits per heavy atom. The predicted molar refractivity (Wildman–Crippen MR) is 50.4 cm³/mol. The molecule has 2 fully saturated rings. The highest BCUT2D eigenvalue weighted by Crippen LogP contribution is 2.50. The van der Waals surface area contributed by atoms with Crippen molar-refractivity contribution in [3.63, 3.8) is 0 Å². The molecule has 1 aliphatic heterocycles. The van der Waals surface area contributed by atoms with E-state index >= 15 is 0 Å². The molecule has 3 rings (SSSR count). The maximum absolute atomic E-state index is 11.9. The summed E-state index contributed by atoms with van der Waals surface area (Å²) in [5, 5.41) is 0. The molecular formula is C11H13NO2. The van der Waals surface area contributed by atoms with Gasteiger partial charge in [-0.1, -0.05) is 12.2 Å². The van der Waals surface area contributed by atoms with E-state index < -0.39 is 0 Å². The number of carbonyl (C=O) groups excluding carboxylic acids is 2. The van der Waals surface area contributed by atoms with Gasteiger partial charge in [-0.2, -0.15) is 0 Å². The molecule has 0 aromatic heterocycles. The number of likely N-dealkylation sites (tertiary alicyclic amines) is 1. The average molecular weight is 191 g/mol. The monoisotopic (exact) mass is 191 g/mol. The van der Waals surface area contributed by atoms with Crippen molar-refractivity contribution in [2.45, 2.75) is 6.42 Å². The molecule has 4 atom stereocenters. The fourth-order valence-electron chi connectivity index (χ4n) is 3.27. The minimum atomic E-state index is -0.0313. The summed E-state index contributed by atoms with van der Waals surface area (Å²) < 4.78 is 0. The lowest BCUT2D eigenvalue weighted by atomic mass is 9.77. The molecule has 2 aliphatic carbocycles. The molecule has 2 bridgehead atoms. The Hall–Kier alpha value is -1.12. The Bertz CT molecular complexity index is 347. The van der Waals surface area contributed by atoms with Crippen LogP contribution in [-0.2, 0) is 9.59 Å². The van der Waals surface area contributed by atoms with Crippen LogP contribution in [0.2, 0.25) is 0 Å². The summed E-state index contributed by atoms with van der Waals surface area (Å²) >= 11 is 0. The van der Waals surface area contributed by atoms with Crippen LogP contribution in [0.15, 0.2) is 12.2 Å². The summed E-state index contributed by atoms with van der Waals surface area (Å²) in [6, 6.07) is 0. The Morgan fingerprint density at radius 3 is 2.57 bits per heavy atom. The normalized spacial score (nSPS) is 44.8. The SMILES string of the molecule is CN1CC(=O)C2C3C=CC(C3)C2C1=O. The van der Waals surface area contributed by atoms with E-state index in [1.807, 2.05) is 0 Å². The van der Waals surface area contributed by atoms with E-state index in [9.17, 15) is 9.59 Å². The molecule has 0 spiro atoms. The number of carbonyl (C=O) groups is 2. The molecule has 4 unspecified atom stereocenters. The first-order valence-corrected chi connectivity index (χ1v) is 5.14. The maximum atomic E-state index is 11.9. The molecule has 0 aromatic rings. The lowest BCUT2D eigenvalue weighted by Gasteiger charge is -2.35. The summed E-state index contributed by atoms with van der Waals surface area (Å²) in [5.41, 5.74) is 0. The van der Waals surface area contributed by atoms with Crippen molar-refractivity contribution >= 4 is 11.7 Å². The first-order valence-electron chi connectivity index (χ1n) is 5.14. The molecule has 3 heteroatoms. The van der Waals surface area contributed by atoms with Gasteiger partial charge in [0.1, 0.15) is 0 Å². The highest BCUT2D eigenvalue weighted by atomic mass is 16.2. The Morgan fingerprint density at radius 2 is 1.86 bits per heavy atom. The van der Waals surface area contributed by atoms with Crippen molar-refractivity contribution < 1.29 is 9.59 Å². The van der Waals surface area contributed by atoms with Gasteiger partial charge in [0, 0.05) is 13.0 Å². The third-order valence-electron chi connectivity index (χ3n) is 3.89. The third-order valence-corrected chi connectivity index (χ3v) is 3.89. The van der Waals surface area contributed by atoms with Crippen molar-refractivity contribution in [3.8, 4) is 0 Å². The van der Waals surface area contributed by atoms with Gasteiger partial charge in [-0.3, -0.25) is 9.59 Å². The summed E-state index contributed by atoms with van der Waals surface area (Å²) in [4.78, 5) is 25.3. The summed E-state index contributed by atoms with van der Waals surface area (Å²) in [7, 11) is 1.73. The van der Waals surface area contributed by atoms with Crippen LogP contribution in [0.1, 0.15) is 6.42 Å². The van der Waals surface area contributed by atoms with Crippen molar-refractivity contribution in [3.05, 3.63) is 12.2 Å². The van der Waals surface area contributed by atoms with Crippen molar-refractivity contribution in [1.29, 1.82) is 0 Å². The number of nitrogens with zero attached hydrogens (tertiary/aromatic N) is 1. The zero-order chi connectivity index (χ0) is 9.87. The van der Waals surface area contributed by atoms with E-state index in [4.69, 9.17) is 0 Å². The highest BCUT2D eigenvalue weighted by molar-refractivity contribution is 5.97. The van der Waals surface area contributed by atoms with Crippen LogP contribution in [0.4, 0.5) is 0 Å². The molecule has 1 heterocycles. The van der Waals surface area contributed by atoms with Crippen LogP contribution in [0, 0.1) is 23.7 Å². The number of fused-ring (bicyclic) bond motifs is 5. The molecular weight excluding hydrogens is 178 g/mol. The van der Waals surface area contributed by atoms with Gasteiger partial charge in [0.2, 0.25) is 5.91 Å². The number of Topliss-reactive ketones (excluding diaryl/α,β-unsaturated/α-hetero) is 1. The fraction of sp³-hybridized carbons (Fsp3) is 0.636. The second-order valence-electron chi connectivity index (χ2n) is 4.66. The minimum Gasteiger partial charge on any atom is -0.338 e. The largest absolute Gasteiger partial charge is 0.338 e. The van der Waals surface area contributed by atoms with E-state index in [2.05, 4.69) is 12.2 Å². The standard InChI is InChI=1S/C11H13NO2/c1-12-5-8(13)9-6-2-3-7(4-6)10(9)11(12)14/h2-3,6-7,9-10H,4-5H2,1H3. The predicted octanol–water partition coefficient (Wildman–Crippen LogP) is 0.466. The fourth-order valence-corrected chi connectivity index (χ4v) is 3.27. The van der Waals surface area contributed by atoms with Crippen LogP contribution in [0.25, 0.3) is 0 Å². The smallest absolute Gasteiger partial charge is 0.227 e. The zero-order valence-corrected chi connectivity index (χ0v) is 8.14. The third kappa shape index (κ3) is 0.825. The van der Waals surface area contributed by atoms with Gasteiger partial charge in [-0.15, -0.1) is 0 Å². The van der Waals surface area contributed by atoms with Gasteiger partial charge in [0.05, 0.1) is 12.5 Å². The van der Waals surface area contributed by atoms with Gasteiger partial charge < -0.3 is 4.90 Å². The minimum absolute atomic E-state index is 0.00806. The van der Waals surface area contributed by atoms with E-state index in [1.54, 1.807) is 11.9 Å². The number of hydrogen-bond acceptors (Lipinski definition) is 2.